The maximum Gasteiger partial charge on any atom is 1.00 e. The van der Waals surface area contributed by atoms with Gasteiger partial charge in [0.1, 0.15) is 5.78 Å². The zero-order chi connectivity index (χ0) is 53.4. The molecule has 8 saturated carbocycles. The van der Waals surface area contributed by atoms with E-state index >= 15 is 0 Å². The van der Waals surface area contributed by atoms with Gasteiger partial charge in [0.2, 0.25) is 20.0 Å². The second-order valence-electron chi connectivity index (χ2n) is 23.2. The molecule has 2 N–H and O–H groups in total. The zero-order valence-electron chi connectivity index (χ0n) is 43.7. The van der Waals surface area contributed by atoms with Crippen molar-refractivity contribution in [3.05, 3.63) is 59.7 Å². The summed E-state index contributed by atoms with van der Waals surface area (Å²) in [5.74, 6) is 0.419. The van der Waals surface area contributed by atoms with Crippen LogP contribution in [0.5, 0.6) is 0 Å². The Hall–Kier alpha value is -3.12. The third-order valence-corrected chi connectivity index (χ3v) is 22.2. The topological polar surface area (TPSA) is 193 Å². The van der Waals surface area contributed by atoms with Crippen molar-refractivity contribution in [1.29, 1.82) is 0 Å². The van der Waals surface area contributed by atoms with E-state index in [2.05, 4.69) is 0 Å². The first-order valence-electron chi connectivity index (χ1n) is 25.5. The van der Waals surface area contributed by atoms with E-state index < -0.39 is 75.8 Å². The van der Waals surface area contributed by atoms with Gasteiger partial charge in [-0.2, -0.15) is 35.0 Å². The summed E-state index contributed by atoms with van der Waals surface area (Å²) in [4.78, 5) is 50.3. The van der Waals surface area contributed by atoms with Crippen LogP contribution in [0.15, 0.2) is 58.3 Å². The minimum atomic E-state index is -4.86. The molecule has 8 aliphatic rings. The van der Waals surface area contributed by atoms with Gasteiger partial charge < -0.3 is 10.6 Å². The molecule has 0 amide bonds. The summed E-state index contributed by atoms with van der Waals surface area (Å²) in [5, 5.41) is 9.87. The molecule has 0 aromatic heterocycles. The van der Waals surface area contributed by atoms with Crippen molar-refractivity contribution in [3.63, 3.8) is 0 Å². The Labute approximate surface area is 444 Å². The first kappa shape index (κ1) is 61.7. The van der Waals surface area contributed by atoms with Crippen molar-refractivity contribution in [2.24, 2.45) is 58.2 Å². The predicted octanol–water partition coefficient (Wildman–Crippen LogP) is 8.07. The van der Waals surface area contributed by atoms with Crippen LogP contribution in [-0.4, -0.2) is 83.5 Å². The van der Waals surface area contributed by atoms with Gasteiger partial charge in [0.25, 0.3) is 0 Å². The quantitative estimate of drug-likeness (QED) is 0.113. The summed E-state index contributed by atoms with van der Waals surface area (Å²) in [6, 6.07) is 8.18. The Morgan fingerprint density at radius 2 is 0.892 bits per heavy atom. The Morgan fingerprint density at radius 3 is 1.19 bits per heavy atom. The van der Waals surface area contributed by atoms with Crippen LogP contribution in [0.2, 0.25) is 0 Å². The fourth-order valence-electron chi connectivity index (χ4n) is 14.7. The van der Waals surface area contributed by atoms with Gasteiger partial charge in [0.05, 0.1) is 37.4 Å². The molecule has 2 aromatic carbocycles. The molecule has 0 saturated heterocycles. The van der Waals surface area contributed by atoms with Gasteiger partial charge in [0.15, 0.2) is 11.6 Å². The number of ketones is 3. The first-order valence-corrected chi connectivity index (χ1v) is 28.3. The number of alkyl halides is 6. The Morgan fingerprint density at radius 1 is 0.581 bits per heavy atom. The molecule has 408 valence electrons. The predicted molar refractivity (Wildman–Crippen MR) is 258 cm³/mol. The molecule has 8 aliphatic carbocycles. The Bertz CT molecular complexity index is 2450. The molecule has 10 rings (SSSR count). The second-order valence-corrected chi connectivity index (χ2v) is 26.9. The van der Waals surface area contributed by atoms with E-state index in [4.69, 9.17) is 0 Å². The Balaban J connectivity index is 0.000000267. The smallest absolute Gasteiger partial charge is 0.870 e. The van der Waals surface area contributed by atoms with Crippen LogP contribution in [-0.2, 0) is 51.6 Å². The van der Waals surface area contributed by atoms with Crippen molar-refractivity contribution in [2.45, 2.75) is 172 Å². The summed E-state index contributed by atoms with van der Waals surface area (Å²) in [6.45, 7) is 10.9. The number of nitrogens with zero attached hydrogens (tertiary/aromatic N) is 2. The average Bonchev–Trinajstić information content (AvgIpc) is 3.28. The van der Waals surface area contributed by atoms with E-state index in [9.17, 15) is 67.5 Å². The number of rotatable bonds is 18. The number of sulfonamides is 2. The standard InChI is InChI=1S/C27H36F3NO4S.C26H34F3NO5S.Li.H2O/c1-5-10-31(36(34,35)23-9-7-6-8-22(23)27(28,29)30)25(3,4)24(33)13-21-19-11-18-12-20(21)16-26(14-18,15-19)17(2)32;1-4-9-30(36(34,35)21-8-6-5-7-20(21)26(27,28)29)24(2,3)22(31)12-19-17-10-16-11-18(19)15-25(13-16,14-17)23(32)33;;/h6-9,18-21H,5,10-16H2,1-4H3;5-8,16-19H,4,9-15H2,1-3H3,(H,32,33);;1H2/q;;+1;/p-1. The second kappa shape index (κ2) is 22.0. The van der Waals surface area contributed by atoms with Crippen LogP contribution in [0.3, 0.4) is 0 Å². The average molecular weight is 1080 g/mol. The van der Waals surface area contributed by atoms with Gasteiger partial charge in [0, 0.05) is 31.3 Å². The van der Waals surface area contributed by atoms with Crippen LogP contribution in [0.1, 0.15) is 149 Å². The van der Waals surface area contributed by atoms with Gasteiger partial charge in [-0.05, 0) is 183 Å². The molecule has 74 heavy (non-hydrogen) atoms. The third-order valence-electron chi connectivity index (χ3n) is 18.0. The van der Waals surface area contributed by atoms with E-state index in [0.717, 1.165) is 90.0 Å². The van der Waals surface area contributed by atoms with Gasteiger partial charge in [-0.3, -0.25) is 19.2 Å². The van der Waals surface area contributed by atoms with Crippen LogP contribution in [0, 0.1) is 58.2 Å². The molecule has 12 nitrogen and oxygen atoms in total. The largest absolute Gasteiger partial charge is 1.00 e. The SMILES string of the molecule is CCCN(C(C)(C)C(=O)CC1C2CC3CC1CC(C(=O)O)(C3)C2)S(=O)(=O)c1ccccc1C(F)(F)F.CCCN(C(C)(C)C(=O)CC1C2CC3CC1CC(C(C)=O)(C3)C2)S(=O)(=O)c1ccccc1C(F)(F)F.[Li+].[OH-]. The molecule has 0 radical (unpaired) electrons. The zero-order valence-corrected chi connectivity index (χ0v) is 45.3. The number of hydrogen-bond donors (Lipinski definition) is 1. The minimum absolute atomic E-state index is 0. The van der Waals surface area contributed by atoms with E-state index in [1.54, 1.807) is 20.8 Å². The first-order chi connectivity index (χ1) is 33.3. The number of hydrogen-bond acceptors (Lipinski definition) is 9. The van der Waals surface area contributed by atoms with Crippen molar-refractivity contribution in [2.75, 3.05) is 13.1 Å². The van der Waals surface area contributed by atoms with Gasteiger partial charge in [-0.25, -0.2) is 16.8 Å². The number of carbonyl (C=O) groups excluding carboxylic acids is 3. The number of carbonyl (C=O) groups is 4. The summed E-state index contributed by atoms with van der Waals surface area (Å²) < 4.78 is 138. The summed E-state index contributed by atoms with van der Waals surface area (Å²) >= 11 is 0. The van der Waals surface area contributed by atoms with Crippen LogP contribution >= 0.6 is 0 Å². The van der Waals surface area contributed by atoms with E-state index in [0.29, 0.717) is 43.9 Å². The van der Waals surface area contributed by atoms with Crippen molar-refractivity contribution in [3.8, 4) is 0 Å². The monoisotopic (exact) mass is 1080 g/mol. The fraction of sp³-hybridized carbons (Fsp3) is 0.698. The van der Waals surface area contributed by atoms with E-state index in [-0.39, 0.29) is 109 Å². The number of carboxylic acid groups (broad SMARTS) is 1. The number of benzene rings is 2. The normalized spacial score (nSPS) is 29.3. The maximum absolute atomic E-state index is 13.8. The summed E-state index contributed by atoms with van der Waals surface area (Å²) in [7, 11) is -9.26. The molecule has 21 heteroatoms. The van der Waals surface area contributed by atoms with Crippen LogP contribution in [0.25, 0.3) is 0 Å². The van der Waals surface area contributed by atoms with Crippen molar-refractivity contribution in [1.82, 2.24) is 8.61 Å². The molecular formula is C53H71F6LiN2O10S2. The maximum atomic E-state index is 13.8. The molecule has 0 aliphatic heterocycles. The molecular weight excluding hydrogens is 1010 g/mol. The molecule has 0 spiro atoms. The van der Waals surface area contributed by atoms with Gasteiger partial charge in [-0.1, -0.05) is 38.1 Å². The van der Waals surface area contributed by atoms with Crippen LogP contribution < -0.4 is 18.9 Å². The van der Waals surface area contributed by atoms with Crippen LogP contribution in [0.4, 0.5) is 26.3 Å². The number of halogens is 6. The molecule has 8 fully saturated rings. The number of carboxylic acids is 1. The van der Waals surface area contributed by atoms with Gasteiger partial charge in [-0.15, -0.1) is 0 Å². The molecule has 2 aromatic rings. The number of aliphatic carboxylic acids is 1. The van der Waals surface area contributed by atoms with E-state index in [1.807, 2.05) is 0 Å². The molecule has 8 bridgehead atoms. The number of Topliss-reactive ketones (excluding diaryl/α,β-unsaturated/α-hetero) is 3. The molecule has 4 atom stereocenters. The molecule has 0 heterocycles. The fourth-order valence-corrected chi connectivity index (χ4v) is 18.9. The van der Waals surface area contributed by atoms with E-state index in [1.165, 1.54) is 39.8 Å². The van der Waals surface area contributed by atoms with Gasteiger partial charge >= 0.3 is 37.2 Å². The summed E-state index contributed by atoms with van der Waals surface area (Å²) in [5.41, 5.74) is -6.55. The Kier molecular flexibility index (Phi) is 18.3. The minimum Gasteiger partial charge on any atom is -0.870 e. The molecule has 4 unspecified atom stereocenters. The summed E-state index contributed by atoms with van der Waals surface area (Å²) in [6.07, 6.45) is -0.797. The van der Waals surface area contributed by atoms with Crippen molar-refractivity contribution < 1.29 is 91.8 Å². The third kappa shape index (κ3) is 11.4. The van der Waals surface area contributed by atoms with Crippen molar-refractivity contribution >= 4 is 43.4 Å².